The fourth-order valence-electron chi connectivity index (χ4n) is 2.32. The summed E-state index contributed by atoms with van der Waals surface area (Å²) in [4.78, 5) is 22.9. The first kappa shape index (κ1) is 17.2. The van der Waals surface area contributed by atoms with Crippen LogP contribution in [-0.4, -0.2) is 23.5 Å². The zero-order chi connectivity index (χ0) is 15.8. The Labute approximate surface area is 125 Å². The van der Waals surface area contributed by atoms with Crippen molar-refractivity contribution in [2.24, 2.45) is 17.6 Å². The lowest BCUT2D eigenvalue weighted by atomic mass is 9.94. The number of carboxylic acids is 1. The fourth-order valence-corrected chi connectivity index (χ4v) is 2.32. The molecule has 1 aromatic rings. The third-order valence-electron chi connectivity index (χ3n) is 3.27. The lowest BCUT2D eigenvalue weighted by Crippen LogP contribution is -2.37. The Hall–Kier alpha value is -1.88. The van der Waals surface area contributed by atoms with E-state index in [4.69, 9.17) is 10.8 Å². The molecule has 1 unspecified atom stereocenters. The van der Waals surface area contributed by atoms with Crippen molar-refractivity contribution in [3.63, 3.8) is 0 Å². The van der Waals surface area contributed by atoms with Gasteiger partial charge >= 0.3 is 5.97 Å². The van der Waals surface area contributed by atoms with Gasteiger partial charge in [-0.05, 0) is 23.8 Å². The Morgan fingerprint density at radius 1 is 1.24 bits per heavy atom. The van der Waals surface area contributed by atoms with E-state index in [9.17, 15) is 9.59 Å². The van der Waals surface area contributed by atoms with E-state index in [1.807, 2.05) is 32.0 Å². The molecule has 0 spiro atoms. The quantitative estimate of drug-likeness (QED) is 0.682. The Balaban J connectivity index is 2.54. The van der Waals surface area contributed by atoms with Crippen molar-refractivity contribution in [3.8, 4) is 0 Å². The molecule has 0 radical (unpaired) electrons. The van der Waals surface area contributed by atoms with E-state index in [0.717, 1.165) is 12.0 Å². The van der Waals surface area contributed by atoms with Crippen molar-refractivity contribution in [1.29, 1.82) is 0 Å². The molecule has 0 saturated carbocycles. The molecule has 0 heterocycles. The summed E-state index contributed by atoms with van der Waals surface area (Å²) in [6, 6.07) is 8.39. The molecule has 5 nitrogen and oxygen atoms in total. The third kappa shape index (κ3) is 6.40. The van der Waals surface area contributed by atoms with Crippen LogP contribution in [0.3, 0.4) is 0 Å². The van der Waals surface area contributed by atoms with Gasteiger partial charge in [-0.3, -0.25) is 9.59 Å². The highest BCUT2D eigenvalue weighted by atomic mass is 16.4. The second-order valence-electron chi connectivity index (χ2n) is 5.73. The van der Waals surface area contributed by atoms with Gasteiger partial charge in [0.25, 0.3) is 0 Å². The van der Waals surface area contributed by atoms with E-state index < -0.39 is 12.0 Å². The topological polar surface area (TPSA) is 92.4 Å². The van der Waals surface area contributed by atoms with E-state index in [2.05, 4.69) is 5.32 Å². The molecule has 1 rings (SSSR count). The number of carboxylic acid groups (broad SMARTS) is 1. The smallest absolute Gasteiger partial charge is 0.303 e. The molecule has 116 valence electrons. The number of hydrogen-bond donors (Lipinski definition) is 3. The van der Waals surface area contributed by atoms with Crippen molar-refractivity contribution >= 4 is 11.9 Å². The van der Waals surface area contributed by atoms with Crippen LogP contribution in [0.1, 0.15) is 38.3 Å². The van der Waals surface area contributed by atoms with Crippen LogP contribution in [0.4, 0.5) is 0 Å². The average molecular weight is 292 g/mol. The number of carbonyl (C=O) groups excluding carboxylic acids is 1. The summed E-state index contributed by atoms with van der Waals surface area (Å²) < 4.78 is 0. The standard InChI is InChI=1S/C16H24N2O3/c1-11(2)8-12(9-14(19)20)10-18-16(21)15(17)13-6-4-3-5-7-13/h3-7,11-12,15H,8-10,17H2,1-2H3,(H,18,21)(H,19,20)/t12?,15-/m1/s1. The van der Waals surface area contributed by atoms with Crippen LogP contribution in [0.25, 0.3) is 0 Å². The van der Waals surface area contributed by atoms with Crippen LogP contribution >= 0.6 is 0 Å². The summed E-state index contributed by atoms with van der Waals surface area (Å²) >= 11 is 0. The largest absolute Gasteiger partial charge is 0.481 e. The maximum atomic E-state index is 12.0. The lowest BCUT2D eigenvalue weighted by Gasteiger charge is -2.19. The molecule has 0 aliphatic heterocycles. The summed E-state index contributed by atoms with van der Waals surface area (Å²) in [6.07, 6.45) is 0.812. The summed E-state index contributed by atoms with van der Waals surface area (Å²) in [5, 5.41) is 11.7. The molecule has 0 saturated heterocycles. The minimum absolute atomic E-state index is 0.0546. The minimum atomic E-state index is -0.845. The van der Waals surface area contributed by atoms with Gasteiger partial charge in [0.1, 0.15) is 6.04 Å². The molecule has 0 aliphatic rings. The second kappa shape index (κ2) is 8.42. The average Bonchev–Trinajstić information content (AvgIpc) is 2.43. The summed E-state index contributed by atoms with van der Waals surface area (Å²) in [5.41, 5.74) is 6.64. The minimum Gasteiger partial charge on any atom is -0.481 e. The number of aliphatic carboxylic acids is 1. The Morgan fingerprint density at radius 3 is 2.38 bits per heavy atom. The van der Waals surface area contributed by atoms with E-state index in [1.165, 1.54) is 0 Å². The van der Waals surface area contributed by atoms with E-state index in [-0.39, 0.29) is 18.2 Å². The SMILES string of the molecule is CC(C)CC(CNC(=O)[C@H](N)c1ccccc1)CC(=O)O. The van der Waals surface area contributed by atoms with Crippen LogP contribution in [0, 0.1) is 11.8 Å². The highest BCUT2D eigenvalue weighted by molar-refractivity contribution is 5.82. The fraction of sp³-hybridized carbons (Fsp3) is 0.500. The van der Waals surface area contributed by atoms with Crippen molar-refractivity contribution < 1.29 is 14.7 Å². The number of nitrogens with two attached hydrogens (primary N) is 1. The third-order valence-corrected chi connectivity index (χ3v) is 3.27. The van der Waals surface area contributed by atoms with Crippen molar-refractivity contribution in [2.45, 2.75) is 32.7 Å². The van der Waals surface area contributed by atoms with Gasteiger partial charge < -0.3 is 16.2 Å². The van der Waals surface area contributed by atoms with Crippen LogP contribution in [0.5, 0.6) is 0 Å². The molecule has 0 bridgehead atoms. The van der Waals surface area contributed by atoms with E-state index >= 15 is 0 Å². The molecule has 1 amide bonds. The van der Waals surface area contributed by atoms with Crippen molar-refractivity contribution in [1.82, 2.24) is 5.32 Å². The molecule has 0 fully saturated rings. The second-order valence-corrected chi connectivity index (χ2v) is 5.73. The zero-order valence-electron chi connectivity index (χ0n) is 12.6. The lowest BCUT2D eigenvalue weighted by molar-refractivity contribution is -0.138. The maximum Gasteiger partial charge on any atom is 0.303 e. The predicted octanol–water partition coefficient (Wildman–Crippen LogP) is 1.94. The predicted molar refractivity (Wildman–Crippen MR) is 81.6 cm³/mol. The molecular formula is C16H24N2O3. The number of carbonyl (C=O) groups is 2. The van der Waals surface area contributed by atoms with Crippen molar-refractivity contribution in [3.05, 3.63) is 35.9 Å². The van der Waals surface area contributed by atoms with E-state index in [1.54, 1.807) is 12.1 Å². The van der Waals surface area contributed by atoms with Gasteiger partial charge in [0.05, 0.1) is 0 Å². The first-order valence-electron chi connectivity index (χ1n) is 7.20. The first-order valence-corrected chi connectivity index (χ1v) is 7.20. The van der Waals surface area contributed by atoms with Crippen LogP contribution in [-0.2, 0) is 9.59 Å². The van der Waals surface area contributed by atoms with Gasteiger partial charge in [0, 0.05) is 13.0 Å². The molecule has 21 heavy (non-hydrogen) atoms. The number of benzene rings is 1. The van der Waals surface area contributed by atoms with Gasteiger partial charge in [-0.1, -0.05) is 44.2 Å². The van der Waals surface area contributed by atoms with Gasteiger partial charge in [-0.2, -0.15) is 0 Å². The highest BCUT2D eigenvalue weighted by Gasteiger charge is 2.19. The van der Waals surface area contributed by atoms with Gasteiger partial charge in [0.15, 0.2) is 0 Å². The molecule has 0 aromatic heterocycles. The molecule has 0 aliphatic carbocycles. The van der Waals surface area contributed by atoms with Crippen LogP contribution in [0.15, 0.2) is 30.3 Å². The summed E-state index contributed by atoms with van der Waals surface area (Å²) in [5.74, 6) is -0.814. The Bertz CT molecular complexity index is 460. The van der Waals surface area contributed by atoms with Gasteiger partial charge in [-0.25, -0.2) is 0 Å². The summed E-state index contributed by atoms with van der Waals surface area (Å²) in [6.45, 7) is 4.41. The monoisotopic (exact) mass is 292 g/mol. The number of amides is 1. The first-order chi connectivity index (χ1) is 9.90. The molecular weight excluding hydrogens is 268 g/mol. The zero-order valence-corrected chi connectivity index (χ0v) is 12.6. The van der Waals surface area contributed by atoms with Gasteiger partial charge in [-0.15, -0.1) is 0 Å². The maximum absolute atomic E-state index is 12.0. The molecule has 4 N–H and O–H groups in total. The van der Waals surface area contributed by atoms with Crippen LogP contribution < -0.4 is 11.1 Å². The summed E-state index contributed by atoms with van der Waals surface area (Å²) in [7, 11) is 0. The number of hydrogen-bond acceptors (Lipinski definition) is 3. The van der Waals surface area contributed by atoms with Crippen LogP contribution in [0.2, 0.25) is 0 Å². The number of rotatable bonds is 8. The highest BCUT2D eigenvalue weighted by Crippen LogP contribution is 2.15. The molecule has 2 atom stereocenters. The normalized spacial score (nSPS) is 13.7. The Morgan fingerprint density at radius 2 is 1.86 bits per heavy atom. The van der Waals surface area contributed by atoms with Gasteiger partial charge in [0.2, 0.25) is 5.91 Å². The molecule has 1 aromatic carbocycles. The Kier molecular flexibility index (Phi) is 6.88. The number of nitrogens with one attached hydrogen (secondary N) is 1. The van der Waals surface area contributed by atoms with E-state index in [0.29, 0.717) is 12.5 Å². The molecule has 5 heteroatoms. The van der Waals surface area contributed by atoms with Crippen molar-refractivity contribution in [2.75, 3.05) is 6.54 Å².